The summed E-state index contributed by atoms with van der Waals surface area (Å²) in [5.74, 6) is -1.94. The summed E-state index contributed by atoms with van der Waals surface area (Å²) in [4.78, 5) is 23.5. The Hall–Kier alpha value is -5.54. The Kier molecular flexibility index (Phi) is 8.98. The molecule has 3 atom stereocenters. The third-order valence-corrected chi connectivity index (χ3v) is 10.9. The molecule has 0 N–H and O–H groups in total. The number of methoxy groups -OCH3 is 1. The van der Waals surface area contributed by atoms with Crippen molar-refractivity contribution in [2.45, 2.75) is 56.9 Å². The molecule has 4 bridgehead atoms. The van der Waals surface area contributed by atoms with E-state index >= 15 is 8.78 Å². The maximum absolute atomic E-state index is 16.2. The second-order valence-corrected chi connectivity index (χ2v) is 14.7. The van der Waals surface area contributed by atoms with Crippen LogP contribution in [0.1, 0.15) is 61.4 Å². The topological polar surface area (TPSA) is 116 Å². The molecule has 1 aliphatic heterocycles. The fourth-order valence-corrected chi connectivity index (χ4v) is 9.02. The van der Waals surface area contributed by atoms with Gasteiger partial charge in [-0.3, -0.25) is 14.7 Å². The number of benzene rings is 3. The number of nitriles is 1. The van der Waals surface area contributed by atoms with E-state index in [0.717, 1.165) is 43.9 Å². The first-order valence-electron chi connectivity index (χ1n) is 17.7. The molecule has 3 unspecified atom stereocenters. The van der Waals surface area contributed by atoms with Crippen LogP contribution in [0.15, 0.2) is 77.9 Å². The van der Waals surface area contributed by atoms with E-state index in [1.54, 1.807) is 36.5 Å². The van der Waals surface area contributed by atoms with Gasteiger partial charge in [0, 0.05) is 30.8 Å². The number of rotatable bonds is 11. The van der Waals surface area contributed by atoms with Crippen LogP contribution in [-0.4, -0.2) is 48.4 Å². The number of esters is 1. The van der Waals surface area contributed by atoms with E-state index in [1.165, 1.54) is 13.2 Å². The molecule has 4 saturated carbocycles. The lowest BCUT2D eigenvalue weighted by Gasteiger charge is -2.60. The zero-order valence-electron chi connectivity index (χ0n) is 29.4. The van der Waals surface area contributed by atoms with Gasteiger partial charge in [-0.1, -0.05) is 30.3 Å². The second kappa shape index (κ2) is 13.8. The van der Waals surface area contributed by atoms with Crippen LogP contribution in [0.3, 0.4) is 0 Å². The Morgan fingerprint density at radius 3 is 2.47 bits per heavy atom. The zero-order valence-corrected chi connectivity index (χ0v) is 29.4. The van der Waals surface area contributed by atoms with Gasteiger partial charge in [-0.05, 0) is 86.9 Å². The number of nitrogens with zero attached hydrogens (tertiary/aromatic N) is 4. The number of carbonyl (C=O) groups is 1. The van der Waals surface area contributed by atoms with Crippen LogP contribution >= 0.6 is 0 Å². The minimum Gasteiger partial charge on any atom is -0.487 e. The number of ether oxygens (including phenoxy) is 5. The van der Waals surface area contributed by atoms with Gasteiger partial charge in [0.05, 0.1) is 30.4 Å². The lowest BCUT2D eigenvalue weighted by molar-refractivity contribution is -0.188. The Morgan fingerprint density at radius 1 is 0.981 bits per heavy atom. The van der Waals surface area contributed by atoms with E-state index in [4.69, 9.17) is 23.7 Å². The number of halogens is 2. The van der Waals surface area contributed by atoms with Crippen LogP contribution in [0.25, 0.3) is 0 Å². The SMILES string of the molecule is COC(=O)C12CC3CC(CC(Oc4ccc(Oc5c(F)cnc(Oc6cc(C#N)ccc6OCc6ccccc6)c5F)c(C5N=CCN5C)c4)(C3)C1)C2. The molecule has 4 aromatic rings. The number of carbonyl (C=O) groups excluding carboxylic acids is 1. The van der Waals surface area contributed by atoms with Gasteiger partial charge in [-0.25, -0.2) is 9.37 Å². The Morgan fingerprint density at radius 2 is 1.75 bits per heavy atom. The minimum atomic E-state index is -1.18. The van der Waals surface area contributed by atoms with Gasteiger partial charge in [0.1, 0.15) is 29.9 Å². The Balaban J connectivity index is 1.09. The molecule has 0 amide bonds. The fourth-order valence-electron chi connectivity index (χ4n) is 9.02. The van der Waals surface area contributed by atoms with Crippen LogP contribution in [-0.2, 0) is 16.1 Å². The molecule has 10 nitrogen and oxygen atoms in total. The highest BCUT2D eigenvalue weighted by Gasteiger charge is 2.62. The molecule has 2 heterocycles. The molecule has 272 valence electrons. The summed E-state index contributed by atoms with van der Waals surface area (Å²) in [5.41, 5.74) is 0.611. The van der Waals surface area contributed by atoms with Crippen molar-refractivity contribution in [3.05, 3.63) is 101 Å². The third kappa shape index (κ3) is 6.66. The summed E-state index contributed by atoms with van der Waals surface area (Å²) in [7, 11) is 3.34. The van der Waals surface area contributed by atoms with Crippen LogP contribution < -0.4 is 18.9 Å². The molecule has 5 aliphatic rings. The average Bonchev–Trinajstić information content (AvgIpc) is 3.59. The monoisotopic (exact) mass is 720 g/mol. The number of aliphatic imine (C=N–C) groups is 1. The Labute approximate surface area is 305 Å². The van der Waals surface area contributed by atoms with Gasteiger partial charge in [-0.2, -0.15) is 9.65 Å². The molecule has 0 spiro atoms. The summed E-state index contributed by atoms with van der Waals surface area (Å²) in [6.45, 7) is 0.752. The zero-order chi connectivity index (χ0) is 36.7. The molecular weight excluding hydrogens is 682 g/mol. The summed E-state index contributed by atoms with van der Waals surface area (Å²) in [5, 5.41) is 9.53. The Bertz CT molecular complexity index is 2110. The van der Waals surface area contributed by atoms with Crippen LogP contribution in [0, 0.1) is 40.2 Å². The summed E-state index contributed by atoms with van der Waals surface area (Å²) >= 11 is 0. The number of pyridine rings is 1. The van der Waals surface area contributed by atoms with Gasteiger partial charge in [-0.15, -0.1) is 0 Å². The lowest BCUT2D eigenvalue weighted by Crippen LogP contribution is -2.60. The van der Waals surface area contributed by atoms with E-state index in [2.05, 4.69) is 9.98 Å². The number of hydrogen-bond donors (Lipinski definition) is 0. The van der Waals surface area contributed by atoms with E-state index in [1.807, 2.05) is 48.3 Å². The van der Waals surface area contributed by atoms with Crippen molar-refractivity contribution in [2.75, 3.05) is 20.7 Å². The van der Waals surface area contributed by atoms with Crippen molar-refractivity contribution in [1.82, 2.24) is 9.88 Å². The molecule has 0 radical (unpaired) electrons. The molecule has 4 fully saturated rings. The summed E-state index contributed by atoms with van der Waals surface area (Å²) < 4.78 is 61.5. The van der Waals surface area contributed by atoms with Crippen LogP contribution in [0.5, 0.6) is 34.6 Å². The maximum atomic E-state index is 16.2. The first kappa shape index (κ1) is 34.5. The van der Waals surface area contributed by atoms with Gasteiger partial charge >= 0.3 is 5.97 Å². The van der Waals surface area contributed by atoms with Gasteiger partial charge < -0.3 is 23.7 Å². The quantitative estimate of drug-likeness (QED) is 0.141. The van der Waals surface area contributed by atoms with E-state index in [0.29, 0.717) is 36.1 Å². The highest BCUT2D eigenvalue weighted by atomic mass is 19.1. The fraction of sp³-hybridized carbons (Fsp3) is 0.366. The lowest BCUT2D eigenvalue weighted by atomic mass is 9.48. The largest absolute Gasteiger partial charge is 0.487 e. The predicted molar refractivity (Wildman–Crippen MR) is 189 cm³/mol. The van der Waals surface area contributed by atoms with E-state index < -0.39 is 40.4 Å². The number of hydrogen-bond acceptors (Lipinski definition) is 10. The molecule has 12 heteroatoms. The molecule has 0 saturated heterocycles. The second-order valence-electron chi connectivity index (χ2n) is 14.7. The maximum Gasteiger partial charge on any atom is 0.311 e. The van der Waals surface area contributed by atoms with Crippen molar-refractivity contribution in [1.29, 1.82) is 5.26 Å². The van der Waals surface area contributed by atoms with Crippen LogP contribution in [0.4, 0.5) is 8.78 Å². The molecule has 9 rings (SSSR count). The third-order valence-electron chi connectivity index (χ3n) is 10.9. The first-order valence-corrected chi connectivity index (χ1v) is 17.7. The minimum absolute atomic E-state index is 0.0201. The van der Waals surface area contributed by atoms with E-state index in [9.17, 15) is 10.1 Å². The van der Waals surface area contributed by atoms with Crippen LogP contribution in [0.2, 0.25) is 0 Å². The predicted octanol–water partition coefficient (Wildman–Crippen LogP) is 8.30. The average molecular weight is 721 g/mol. The molecule has 1 aromatic heterocycles. The van der Waals surface area contributed by atoms with Gasteiger partial charge in [0.15, 0.2) is 17.3 Å². The highest BCUT2D eigenvalue weighted by Crippen LogP contribution is 2.63. The molecule has 4 aliphatic carbocycles. The van der Waals surface area contributed by atoms with Gasteiger partial charge in [0.2, 0.25) is 11.6 Å². The van der Waals surface area contributed by atoms with Gasteiger partial charge in [0.25, 0.3) is 5.88 Å². The summed E-state index contributed by atoms with van der Waals surface area (Å²) in [6.07, 6.45) is 7.09. The number of aromatic nitrogens is 1. The molecule has 3 aromatic carbocycles. The smallest absolute Gasteiger partial charge is 0.311 e. The van der Waals surface area contributed by atoms with Crippen molar-refractivity contribution in [3.8, 4) is 40.7 Å². The molecular formula is C41H38F2N4O6. The molecule has 53 heavy (non-hydrogen) atoms. The highest BCUT2D eigenvalue weighted by molar-refractivity contribution is 5.77. The normalized spacial score (nSPS) is 25.5. The summed E-state index contributed by atoms with van der Waals surface area (Å²) in [6, 6.07) is 21.1. The van der Waals surface area contributed by atoms with Crippen molar-refractivity contribution in [2.24, 2.45) is 22.2 Å². The standard InChI is InChI=1S/C41H38F2N4O6/c1-47-13-12-45-37(47)30-16-29(53-41-19-27-14-28(20-41)18-40(17-27,24-41)39(48)49-2)9-11-32(30)51-36-31(42)22-46-38(35(36)43)52-34-15-26(21-44)8-10-33(34)50-23-25-6-4-3-5-7-25/h3-12,15-16,22,27-28,37H,13-14,17-20,23-24H2,1-2H3. The van der Waals surface area contributed by atoms with Crippen molar-refractivity contribution >= 4 is 12.2 Å². The van der Waals surface area contributed by atoms with Crippen molar-refractivity contribution < 1.29 is 37.3 Å². The first-order chi connectivity index (χ1) is 25.7. The van der Waals surface area contributed by atoms with Crippen molar-refractivity contribution in [3.63, 3.8) is 0 Å². The van der Waals surface area contributed by atoms with E-state index in [-0.39, 0.29) is 35.4 Å².